The van der Waals surface area contributed by atoms with Crippen LogP contribution in [-0.2, 0) is 11.3 Å². The Hall–Kier alpha value is -3.22. The number of nitrogen functional groups attached to an aromatic ring is 1. The van der Waals surface area contributed by atoms with Crippen molar-refractivity contribution in [2.75, 3.05) is 31.9 Å². The van der Waals surface area contributed by atoms with Crippen LogP contribution < -0.4 is 10.5 Å². The SMILES string of the molecule is CC(C)(C)OC(=O)N1CCN(C(=O)c2ccc(OCc3ccccc3)c(N)c2)CC1. The van der Waals surface area contributed by atoms with Gasteiger partial charge in [0.2, 0.25) is 0 Å². The van der Waals surface area contributed by atoms with Crippen molar-refractivity contribution in [1.82, 2.24) is 9.80 Å². The molecule has 7 nitrogen and oxygen atoms in total. The van der Waals surface area contributed by atoms with Gasteiger partial charge >= 0.3 is 6.09 Å². The van der Waals surface area contributed by atoms with Gasteiger partial charge in [0.05, 0.1) is 5.69 Å². The molecule has 0 bridgehead atoms. The third kappa shape index (κ3) is 5.65. The number of piperazine rings is 1. The lowest BCUT2D eigenvalue weighted by molar-refractivity contribution is 0.0141. The van der Waals surface area contributed by atoms with Gasteiger partial charge in [0.25, 0.3) is 5.91 Å². The number of carbonyl (C=O) groups is 2. The number of hydrogen-bond acceptors (Lipinski definition) is 5. The van der Waals surface area contributed by atoms with Crippen molar-refractivity contribution in [2.24, 2.45) is 0 Å². The van der Waals surface area contributed by atoms with Gasteiger partial charge in [0.15, 0.2) is 0 Å². The summed E-state index contributed by atoms with van der Waals surface area (Å²) < 4.78 is 11.2. The maximum Gasteiger partial charge on any atom is 0.410 e. The zero-order chi connectivity index (χ0) is 21.7. The summed E-state index contributed by atoms with van der Waals surface area (Å²) in [5, 5.41) is 0. The van der Waals surface area contributed by atoms with Crippen molar-refractivity contribution < 1.29 is 19.1 Å². The van der Waals surface area contributed by atoms with Crippen molar-refractivity contribution in [1.29, 1.82) is 0 Å². The minimum atomic E-state index is -0.536. The van der Waals surface area contributed by atoms with E-state index < -0.39 is 5.60 Å². The van der Waals surface area contributed by atoms with Crippen LogP contribution in [0.5, 0.6) is 5.75 Å². The highest BCUT2D eigenvalue weighted by atomic mass is 16.6. The Kier molecular flexibility index (Phi) is 6.50. The van der Waals surface area contributed by atoms with Crippen LogP contribution in [0.1, 0.15) is 36.7 Å². The molecule has 1 aliphatic rings. The van der Waals surface area contributed by atoms with Crippen molar-refractivity contribution >= 4 is 17.7 Å². The third-order valence-corrected chi connectivity index (χ3v) is 4.71. The predicted octanol–water partition coefficient (Wildman–Crippen LogP) is 3.54. The molecule has 0 aromatic heterocycles. The van der Waals surface area contributed by atoms with Gasteiger partial charge in [-0.3, -0.25) is 4.79 Å². The van der Waals surface area contributed by atoms with E-state index in [9.17, 15) is 9.59 Å². The zero-order valence-corrected chi connectivity index (χ0v) is 17.8. The smallest absolute Gasteiger partial charge is 0.410 e. The second-order valence-electron chi connectivity index (χ2n) is 8.29. The Labute approximate surface area is 177 Å². The van der Waals surface area contributed by atoms with Gasteiger partial charge in [-0.25, -0.2) is 4.79 Å². The van der Waals surface area contributed by atoms with Gasteiger partial charge in [-0.15, -0.1) is 0 Å². The maximum atomic E-state index is 12.8. The molecule has 2 aromatic carbocycles. The summed E-state index contributed by atoms with van der Waals surface area (Å²) in [5.74, 6) is 0.435. The van der Waals surface area contributed by atoms with Crippen molar-refractivity contribution in [2.45, 2.75) is 33.0 Å². The third-order valence-electron chi connectivity index (χ3n) is 4.71. The topological polar surface area (TPSA) is 85.1 Å². The molecule has 1 saturated heterocycles. The fourth-order valence-electron chi connectivity index (χ4n) is 3.15. The maximum absolute atomic E-state index is 12.8. The monoisotopic (exact) mass is 411 g/mol. The molecule has 2 amide bonds. The molecule has 1 aliphatic heterocycles. The summed E-state index contributed by atoms with van der Waals surface area (Å²) in [6.07, 6.45) is -0.348. The molecule has 1 heterocycles. The fraction of sp³-hybridized carbons (Fsp3) is 0.391. The van der Waals surface area contributed by atoms with Gasteiger partial charge in [0, 0.05) is 31.7 Å². The number of nitrogens with zero attached hydrogens (tertiary/aromatic N) is 2. The van der Waals surface area contributed by atoms with E-state index in [0.717, 1.165) is 5.56 Å². The summed E-state index contributed by atoms with van der Waals surface area (Å²) in [5.41, 5.74) is 7.54. The molecule has 0 unspecified atom stereocenters. The first-order chi connectivity index (χ1) is 14.2. The van der Waals surface area contributed by atoms with Gasteiger partial charge in [0.1, 0.15) is 18.0 Å². The Morgan fingerprint density at radius 1 is 0.967 bits per heavy atom. The van der Waals surface area contributed by atoms with E-state index in [0.29, 0.717) is 49.8 Å². The summed E-state index contributed by atoms with van der Waals surface area (Å²) in [6, 6.07) is 14.9. The quantitative estimate of drug-likeness (QED) is 0.778. The van der Waals surface area contributed by atoms with E-state index in [2.05, 4.69) is 0 Å². The first-order valence-corrected chi connectivity index (χ1v) is 10.1. The first-order valence-electron chi connectivity index (χ1n) is 10.1. The van der Waals surface area contributed by atoms with Gasteiger partial charge in [-0.1, -0.05) is 30.3 Å². The summed E-state index contributed by atoms with van der Waals surface area (Å²) in [7, 11) is 0. The van der Waals surface area contributed by atoms with Crippen LogP contribution in [0.3, 0.4) is 0 Å². The summed E-state index contributed by atoms with van der Waals surface area (Å²) in [6.45, 7) is 7.69. The number of nitrogens with two attached hydrogens (primary N) is 1. The number of amides is 2. The number of ether oxygens (including phenoxy) is 2. The minimum Gasteiger partial charge on any atom is -0.487 e. The molecule has 160 valence electrons. The van der Waals surface area contributed by atoms with Gasteiger partial charge in [-0.2, -0.15) is 0 Å². The predicted molar refractivity (Wildman–Crippen MR) is 115 cm³/mol. The van der Waals surface area contributed by atoms with E-state index in [1.54, 1.807) is 28.0 Å². The van der Waals surface area contributed by atoms with Crippen LogP contribution in [0, 0.1) is 0 Å². The van der Waals surface area contributed by atoms with E-state index in [4.69, 9.17) is 15.2 Å². The Morgan fingerprint density at radius 2 is 1.60 bits per heavy atom. The summed E-state index contributed by atoms with van der Waals surface area (Å²) in [4.78, 5) is 28.4. The lowest BCUT2D eigenvalue weighted by Crippen LogP contribution is -2.51. The van der Waals surface area contributed by atoms with Crippen molar-refractivity contribution in [3.05, 3.63) is 59.7 Å². The Bertz CT molecular complexity index is 885. The van der Waals surface area contributed by atoms with Crippen LogP contribution in [-0.4, -0.2) is 53.6 Å². The van der Waals surface area contributed by atoms with Crippen LogP contribution in [0.2, 0.25) is 0 Å². The average molecular weight is 412 g/mol. The number of hydrogen-bond donors (Lipinski definition) is 1. The second kappa shape index (κ2) is 9.07. The van der Waals surface area contributed by atoms with E-state index in [1.807, 2.05) is 51.1 Å². The number of rotatable bonds is 4. The molecule has 3 rings (SSSR count). The lowest BCUT2D eigenvalue weighted by Gasteiger charge is -2.35. The highest BCUT2D eigenvalue weighted by Crippen LogP contribution is 2.25. The zero-order valence-electron chi connectivity index (χ0n) is 17.8. The summed E-state index contributed by atoms with van der Waals surface area (Å²) >= 11 is 0. The van der Waals surface area contributed by atoms with Crippen LogP contribution in [0.25, 0.3) is 0 Å². The van der Waals surface area contributed by atoms with Crippen LogP contribution in [0.4, 0.5) is 10.5 Å². The molecule has 0 aliphatic carbocycles. The molecule has 30 heavy (non-hydrogen) atoms. The first kappa shape index (κ1) is 21.5. The molecule has 2 N–H and O–H groups in total. The Morgan fingerprint density at radius 3 is 2.20 bits per heavy atom. The number of carbonyl (C=O) groups excluding carboxylic acids is 2. The minimum absolute atomic E-state index is 0.111. The second-order valence-corrected chi connectivity index (χ2v) is 8.29. The standard InChI is InChI=1S/C23H29N3O4/c1-23(2,3)30-22(28)26-13-11-25(12-14-26)21(27)18-9-10-20(19(24)15-18)29-16-17-7-5-4-6-8-17/h4-10,15H,11-14,16,24H2,1-3H3. The normalized spacial score (nSPS) is 14.4. The largest absolute Gasteiger partial charge is 0.487 e. The molecular weight excluding hydrogens is 382 g/mol. The van der Waals surface area contributed by atoms with Gasteiger partial charge < -0.3 is 25.0 Å². The van der Waals surface area contributed by atoms with Crippen LogP contribution in [0.15, 0.2) is 48.5 Å². The van der Waals surface area contributed by atoms with Crippen molar-refractivity contribution in [3.63, 3.8) is 0 Å². The Balaban J connectivity index is 1.56. The fourth-order valence-corrected chi connectivity index (χ4v) is 3.15. The number of benzene rings is 2. The molecular formula is C23H29N3O4. The lowest BCUT2D eigenvalue weighted by atomic mass is 10.1. The molecule has 0 spiro atoms. The van der Waals surface area contributed by atoms with Crippen LogP contribution >= 0.6 is 0 Å². The van der Waals surface area contributed by atoms with E-state index >= 15 is 0 Å². The molecule has 0 saturated carbocycles. The van der Waals surface area contributed by atoms with E-state index in [-0.39, 0.29) is 12.0 Å². The molecule has 0 radical (unpaired) electrons. The molecule has 1 fully saturated rings. The van der Waals surface area contributed by atoms with E-state index in [1.165, 1.54) is 0 Å². The van der Waals surface area contributed by atoms with Crippen molar-refractivity contribution in [3.8, 4) is 5.75 Å². The highest BCUT2D eigenvalue weighted by Gasteiger charge is 2.28. The van der Waals surface area contributed by atoms with Gasteiger partial charge in [-0.05, 0) is 44.5 Å². The molecule has 2 aromatic rings. The number of anilines is 1. The highest BCUT2D eigenvalue weighted by molar-refractivity contribution is 5.95. The molecule has 0 atom stereocenters. The average Bonchev–Trinajstić information content (AvgIpc) is 2.72. The molecule has 7 heteroatoms.